The van der Waals surface area contributed by atoms with Gasteiger partial charge in [-0.3, -0.25) is 4.79 Å². The summed E-state index contributed by atoms with van der Waals surface area (Å²) in [4.78, 5) is 37.5. The van der Waals surface area contributed by atoms with Crippen molar-refractivity contribution in [2.24, 2.45) is 0 Å². The van der Waals surface area contributed by atoms with Crippen LogP contribution in [-0.4, -0.2) is 58.4 Å². The second-order valence-electron chi connectivity index (χ2n) is 8.65. The number of furan rings is 1. The maximum atomic E-state index is 12.7. The molecule has 2 atom stereocenters. The summed E-state index contributed by atoms with van der Waals surface area (Å²) in [6.45, 7) is 0.0917. The van der Waals surface area contributed by atoms with Crippen molar-refractivity contribution in [3.8, 4) is 11.1 Å². The number of hydrogen-bond acceptors (Lipinski definition) is 6. The molecule has 1 saturated heterocycles. The monoisotopic (exact) mass is 476 g/mol. The van der Waals surface area contributed by atoms with Crippen molar-refractivity contribution in [2.75, 3.05) is 13.2 Å². The third-order valence-electron chi connectivity index (χ3n) is 6.45. The van der Waals surface area contributed by atoms with Crippen LogP contribution in [0.5, 0.6) is 0 Å². The van der Waals surface area contributed by atoms with Crippen LogP contribution in [0.25, 0.3) is 11.1 Å². The van der Waals surface area contributed by atoms with E-state index < -0.39 is 30.1 Å². The van der Waals surface area contributed by atoms with Crippen molar-refractivity contribution >= 4 is 18.0 Å². The average molecular weight is 476 g/mol. The zero-order valence-electron chi connectivity index (χ0n) is 18.7. The summed E-state index contributed by atoms with van der Waals surface area (Å²) in [6, 6.07) is 17.9. The number of nitrogens with one attached hydrogen (secondary N) is 1. The molecule has 2 amide bonds. The van der Waals surface area contributed by atoms with Gasteiger partial charge >= 0.3 is 12.1 Å². The maximum absolute atomic E-state index is 12.7. The van der Waals surface area contributed by atoms with E-state index in [1.165, 1.54) is 12.1 Å². The molecule has 2 aliphatic rings. The van der Waals surface area contributed by atoms with Gasteiger partial charge in [0.2, 0.25) is 0 Å². The number of alkyl carbamates (subject to hydrolysis) is 1. The number of carboxylic acid groups (broad SMARTS) is 1. The molecule has 3 N–H and O–H groups in total. The Hall–Kier alpha value is -4.11. The number of carbonyl (C=O) groups excluding carboxylic acids is 2. The van der Waals surface area contributed by atoms with Crippen molar-refractivity contribution in [1.29, 1.82) is 0 Å². The van der Waals surface area contributed by atoms with Crippen LogP contribution >= 0.6 is 0 Å². The minimum Gasteiger partial charge on any atom is -0.480 e. The minimum atomic E-state index is -1.18. The van der Waals surface area contributed by atoms with E-state index in [4.69, 9.17) is 9.15 Å². The van der Waals surface area contributed by atoms with Gasteiger partial charge < -0.3 is 29.6 Å². The number of amides is 2. The number of hydrogen-bond donors (Lipinski definition) is 3. The molecular weight excluding hydrogens is 452 g/mol. The summed E-state index contributed by atoms with van der Waals surface area (Å²) in [6.07, 6.45) is -1.55. The fraction of sp³-hybridized carbons (Fsp3) is 0.269. The van der Waals surface area contributed by atoms with Gasteiger partial charge in [-0.1, -0.05) is 48.5 Å². The Kier molecular flexibility index (Phi) is 6.00. The number of rotatable bonds is 6. The summed E-state index contributed by atoms with van der Waals surface area (Å²) in [5, 5.41) is 21.7. The summed E-state index contributed by atoms with van der Waals surface area (Å²) < 4.78 is 11.0. The number of ether oxygens (including phenoxy) is 1. The summed E-state index contributed by atoms with van der Waals surface area (Å²) in [5.41, 5.74) is 4.51. The molecule has 9 nitrogen and oxygen atoms in total. The topological polar surface area (TPSA) is 129 Å². The zero-order valence-corrected chi connectivity index (χ0v) is 18.7. The SMILES string of the molecule is O=C(NCc1ccc(C(=O)N2CC(O)CC2C(=O)O)o1)OCC1c2ccccc2-c2ccccc21. The van der Waals surface area contributed by atoms with Gasteiger partial charge in [0.25, 0.3) is 5.91 Å². The molecule has 9 heteroatoms. The number of β-amino-alcohol motifs (C(OH)–C–C–N with tert-alkyl or cyclic N) is 1. The van der Waals surface area contributed by atoms with Gasteiger partial charge in [-0.05, 0) is 34.4 Å². The van der Waals surface area contributed by atoms with Crippen LogP contribution in [0.2, 0.25) is 0 Å². The molecule has 1 aliphatic heterocycles. The molecule has 1 aromatic heterocycles. The smallest absolute Gasteiger partial charge is 0.407 e. The number of fused-ring (bicyclic) bond motifs is 3. The minimum absolute atomic E-state index is 0.00502. The molecule has 0 bridgehead atoms. The number of aliphatic hydroxyl groups excluding tert-OH is 1. The van der Waals surface area contributed by atoms with E-state index in [9.17, 15) is 24.6 Å². The molecule has 1 aliphatic carbocycles. The average Bonchev–Trinajstić information content (AvgIpc) is 3.57. The Morgan fingerprint density at radius 1 is 1.00 bits per heavy atom. The van der Waals surface area contributed by atoms with Crippen LogP contribution in [0.1, 0.15) is 39.8 Å². The Morgan fingerprint density at radius 2 is 1.66 bits per heavy atom. The molecule has 0 radical (unpaired) electrons. The molecular formula is C26H24N2O7. The third kappa shape index (κ3) is 4.38. The fourth-order valence-corrected chi connectivity index (χ4v) is 4.81. The van der Waals surface area contributed by atoms with E-state index in [1.807, 2.05) is 36.4 Å². The number of aliphatic carboxylic acids is 1. The Labute approximate surface area is 200 Å². The highest BCUT2D eigenvalue weighted by molar-refractivity contribution is 5.94. The van der Waals surface area contributed by atoms with Crippen LogP contribution in [0.4, 0.5) is 4.79 Å². The fourth-order valence-electron chi connectivity index (χ4n) is 4.81. The number of nitrogens with zero attached hydrogens (tertiary/aromatic N) is 1. The zero-order chi connectivity index (χ0) is 24.5. The van der Waals surface area contributed by atoms with Gasteiger partial charge in [-0.15, -0.1) is 0 Å². The molecule has 0 spiro atoms. The van der Waals surface area contributed by atoms with Crippen molar-refractivity contribution in [3.63, 3.8) is 0 Å². The second-order valence-corrected chi connectivity index (χ2v) is 8.65. The van der Waals surface area contributed by atoms with Gasteiger partial charge in [0, 0.05) is 18.9 Å². The number of carboxylic acids is 1. The second kappa shape index (κ2) is 9.27. The molecule has 2 aromatic carbocycles. The van der Waals surface area contributed by atoms with E-state index >= 15 is 0 Å². The lowest BCUT2D eigenvalue weighted by atomic mass is 9.98. The van der Waals surface area contributed by atoms with E-state index in [1.54, 1.807) is 0 Å². The van der Waals surface area contributed by atoms with Crippen LogP contribution in [0, 0.1) is 0 Å². The first kappa shape index (κ1) is 22.7. The van der Waals surface area contributed by atoms with Crippen molar-refractivity contribution in [2.45, 2.75) is 31.0 Å². The first-order valence-corrected chi connectivity index (χ1v) is 11.3. The van der Waals surface area contributed by atoms with E-state index in [0.29, 0.717) is 5.76 Å². The van der Waals surface area contributed by atoms with Gasteiger partial charge in [0.15, 0.2) is 5.76 Å². The maximum Gasteiger partial charge on any atom is 0.407 e. The van der Waals surface area contributed by atoms with Crippen molar-refractivity contribution in [3.05, 3.63) is 83.3 Å². The Morgan fingerprint density at radius 3 is 2.31 bits per heavy atom. The predicted octanol–water partition coefficient (Wildman–Crippen LogP) is 2.98. The largest absolute Gasteiger partial charge is 0.480 e. The highest BCUT2D eigenvalue weighted by Crippen LogP contribution is 2.44. The molecule has 2 unspecified atom stereocenters. The molecule has 3 aromatic rings. The highest BCUT2D eigenvalue weighted by Gasteiger charge is 2.40. The highest BCUT2D eigenvalue weighted by atomic mass is 16.5. The van der Waals surface area contributed by atoms with Crippen LogP contribution < -0.4 is 5.32 Å². The van der Waals surface area contributed by atoms with Gasteiger partial charge in [-0.25, -0.2) is 9.59 Å². The lowest BCUT2D eigenvalue weighted by Crippen LogP contribution is -2.40. The van der Waals surface area contributed by atoms with Crippen LogP contribution in [0.15, 0.2) is 65.1 Å². The van der Waals surface area contributed by atoms with Gasteiger partial charge in [0.1, 0.15) is 18.4 Å². The first-order valence-electron chi connectivity index (χ1n) is 11.3. The lowest BCUT2D eigenvalue weighted by molar-refractivity contribution is -0.141. The van der Waals surface area contributed by atoms with Crippen LogP contribution in [0.3, 0.4) is 0 Å². The normalized spacial score (nSPS) is 18.7. The molecule has 0 saturated carbocycles. The summed E-state index contributed by atoms with van der Waals surface area (Å²) in [7, 11) is 0. The molecule has 2 heterocycles. The van der Waals surface area contributed by atoms with Crippen molar-refractivity contribution < 1.29 is 33.8 Å². The molecule has 35 heavy (non-hydrogen) atoms. The standard InChI is InChI=1S/C26H24N2O7/c29-15-11-22(25(31)32)28(13-15)24(30)23-10-9-16(35-23)12-27-26(33)34-14-21-19-7-3-1-5-17(19)18-6-2-4-8-20(18)21/h1-10,15,21-22,29H,11-14H2,(H,27,33)(H,31,32). The lowest BCUT2D eigenvalue weighted by Gasteiger charge is -2.19. The van der Waals surface area contributed by atoms with Crippen molar-refractivity contribution in [1.82, 2.24) is 10.2 Å². The van der Waals surface area contributed by atoms with E-state index in [-0.39, 0.29) is 37.8 Å². The number of carbonyl (C=O) groups is 3. The Bertz CT molecular complexity index is 1240. The number of likely N-dealkylation sites (tertiary alicyclic amines) is 1. The van der Waals surface area contributed by atoms with E-state index in [2.05, 4.69) is 17.4 Å². The molecule has 5 rings (SSSR count). The van der Waals surface area contributed by atoms with Gasteiger partial charge in [0.05, 0.1) is 12.6 Å². The number of aliphatic hydroxyl groups is 1. The van der Waals surface area contributed by atoms with Crippen LogP contribution in [-0.2, 0) is 16.1 Å². The quantitative estimate of drug-likeness (QED) is 0.499. The number of benzene rings is 2. The third-order valence-corrected chi connectivity index (χ3v) is 6.45. The molecule has 180 valence electrons. The predicted molar refractivity (Wildman–Crippen MR) is 124 cm³/mol. The summed E-state index contributed by atoms with van der Waals surface area (Å²) in [5.74, 6) is -1.61. The summed E-state index contributed by atoms with van der Waals surface area (Å²) >= 11 is 0. The molecule has 1 fully saturated rings. The first-order chi connectivity index (χ1) is 16.9. The van der Waals surface area contributed by atoms with E-state index in [0.717, 1.165) is 27.2 Å². The van der Waals surface area contributed by atoms with Gasteiger partial charge in [-0.2, -0.15) is 0 Å². The Balaban J connectivity index is 1.17.